The molecule has 0 spiro atoms. The monoisotopic (exact) mass is 351 g/mol. The Bertz CT molecular complexity index is 849. The summed E-state index contributed by atoms with van der Waals surface area (Å²) in [6.07, 6.45) is 1.48. The molecule has 0 fully saturated rings. The topological polar surface area (TPSA) is 85.0 Å². The van der Waals surface area contributed by atoms with Crippen molar-refractivity contribution in [3.05, 3.63) is 82.8 Å². The van der Waals surface area contributed by atoms with Crippen molar-refractivity contribution in [2.24, 2.45) is 0 Å². The van der Waals surface area contributed by atoms with Gasteiger partial charge in [-0.3, -0.25) is 0 Å². The van der Waals surface area contributed by atoms with Gasteiger partial charge in [0.1, 0.15) is 6.20 Å². The van der Waals surface area contributed by atoms with E-state index in [1.54, 1.807) is 6.92 Å². The summed E-state index contributed by atoms with van der Waals surface area (Å²) in [4.78, 5) is 14.5. The van der Waals surface area contributed by atoms with Gasteiger partial charge in [0, 0.05) is 31.4 Å². The Morgan fingerprint density at radius 2 is 1.69 bits per heavy atom. The molecule has 26 heavy (non-hydrogen) atoms. The van der Waals surface area contributed by atoms with E-state index in [4.69, 9.17) is 0 Å². The number of nitro groups is 1. The maximum Gasteiger partial charge on any atom is 0.381 e. The zero-order valence-corrected chi connectivity index (χ0v) is 14.5. The quantitative estimate of drug-likeness (QED) is 0.477. The molecular formula is C19H21N5O2. The number of aryl methyl sites for hydroxylation is 1. The molecule has 0 radical (unpaired) electrons. The number of imidazole rings is 1. The fourth-order valence-electron chi connectivity index (χ4n) is 2.73. The molecule has 2 N–H and O–H groups in total. The van der Waals surface area contributed by atoms with E-state index < -0.39 is 4.92 Å². The SMILES string of the molecule is Cc1nc([N+](=O)[O-])cn1CC(CNc1ccccc1)Nc1ccccc1. The molecule has 7 nitrogen and oxygen atoms in total. The van der Waals surface area contributed by atoms with Gasteiger partial charge in [-0.1, -0.05) is 36.4 Å². The Morgan fingerprint density at radius 1 is 1.08 bits per heavy atom. The maximum absolute atomic E-state index is 11.0. The molecule has 3 rings (SSSR count). The molecule has 0 aliphatic rings. The Labute approximate surface area is 151 Å². The van der Waals surface area contributed by atoms with Crippen molar-refractivity contribution >= 4 is 17.2 Å². The predicted octanol–water partition coefficient (Wildman–Crippen LogP) is 3.69. The van der Waals surface area contributed by atoms with Crippen LogP contribution in [0.15, 0.2) is 66.9 Å². The van der Waals surface area contributed by atoms with Gasteiger partial charge >= 0.3 is 5.82 Å². The van der Waals surface area contributed by atoms with E-state index in [0.29, 0.717) is 18.9 Å². The van der Waals surface area contributed by atoms with Crippen molar-refractivity contribution in [2.75, 3.05) is 17.2 Å². The zero-order chi connectivity index (χ0) is 18.4. The van der Waals surface area contributed by atoms with Crippen molar-refractivity contribution in [3.63, 3.8) is 0 Å². The molecule has 3 aromatic rings. The number of hydrogen-bond acceptors (Lipinski definition) is 5. The minimum absolute atomic E-state index is 0.0186. The van der Waals surface area contributed by atoms with Gasteiger partial charge in [-0.05, 0) is 34.2 Å². The number of hydrogen-bond donors (Lipinski definition) is 2. The number of benzene rings is 2. The molecule has 2 aromatic carbocycles. The average Bonchev–Trinajstić information content (AvgIpc) is 3.02. The van der Waals surface area contributed by atoms with Gasteiger partial charge in [-0.2, -0.15) is 0 Å². The molecule has 1 aromatic heterocycles. The molecule has 0 bridgehead atoms. The van der Waals surface area contributed by atoms with Gasteiger partial charge in [0.15, 0.2) is 0 Å². The predicted molar refractivity (Wildman–Crippen MR) is 102 cm³/mol. The second-order valence-corrected chi connectivity index (χ2v) is 6.01. The summed E-state index contributed by atoms with van der Waals surface area (Å²) in [5.74, 6) is 0.494. The number of nitrogens with zero attached hydrogens (tertiary/aromatic N) is 3. The van der Waals surface area contributed by atoms with Crippen LogP contribution in [0.3, 0.4) is 0 Å². The van der Waals surface area contributed by atoms with E-state index in [2.05, 4.69) is 15.6 Å². The summed E-state index contributed by atoms with van der Waals surface area (Å²) in [5, 5.41) is 17.8. The molecule has 0 saturated carbocycles. The molecule has 0 aliphatic carbocycles. The first kappa shape index (κ1) is 17.5. The molecule has 134 valence electrons. The second-order valence-electron chi connectivity index (χ2n) is 6.01. The van der Waals surface area contributed by atoms with E-state index in [-0.39, 0.29) is 11.9 Å². The van der Waals surface area contributed by atoms with Gasteiger partial charge in [-0.15, -0.1) is 0 Å². The molecule has 1 unspecified atom stereocenters. The summed E-state index contributed by atoms with van der Waals surface area (Å²) in [5.41, 5.74) is 2.03. The highest BCUT2D eigenvalue weighted by molar-refractivity contribution is 5.46. The number of para-hydroxylation sites is 2. The molecule has 1 atom stereocenters. The van der Waals surface area contributed by atoms with Crippen molar-refractivity contribution in [2.45, 2.75) is 19.5 Å². The van der Waals surface area contributed by atoms with E-state index in [9.17, 15) is 10.1 Å². The van der Waals surface area contributed by atoms with Gasteiger partial charge in [-0.25, -0.2) is 0 Å². The number of anilines is 2. The van der Waals surface area contributed by atoms with Crippen LogP contribution in [0.5, 0.6) is 0 Å². The van der Waals surface area contributed by atoms with Crippen LogP contribution in [0.1, 0.15) is 5.82 Å². The molecular weight excluding hydrogens is 330 g/mol. The minimum Gasteiger partial charge on any atom is -0.383 e. The number of aromatic nitrogens is 2. The molecule has 7 heteroatoms. The Morgan fingerprint density at radius 3 is 2.27 bits per heavy atom. The fourth-order valence-corrected chi connectivity index (χ4v) is 2.73. The third-order valence-corrected chi connectivity index (χ3v) is 4.04. The third-order valence-electron chi connectivity index (χ3n) is 4.04. The summed E-state index contributed by atoms with van der Waals surface area (Å²) >= 11 is 0. The Kier molecular flexibility index (Phi) is 5.48. The molecule has 1 heterocycles. The van der Waals surface area contributed by atoms with Crippen LogP contribution in [0, 0.1) is 17.0 Å². The van der Waals surface area contributed by atoms with Crippen molar-refractivity contribution in [3.8, 4) is 0 Å². The minimum atomic E-state index is -0.467. The van der Waals surface area contributed by atoms with Gasteiger partial charge in [0.25, 0.3) is 0 Å². The fraction of sp³-hybridized carbons (Fsp3) is 0.211. The van der Waals surface area contributed by atoms with Crippen molar-refractivity contribution < 1.29 is 4.92 Å². The first-order valence-electron chi connectivity index (χ1n) is 8.40. The van der Waals surface area contributed by atoms with Crippen LogP contribution in [-0.4, -0.2) is 27.1 Å². The highest BCUT2D eigenvalue weighted by atomic mass is 16.6. The number of rotatable bonds is 8. The molecule has 0 amide bonds. The third kappa shape index (κ3) is 4.60. The van der Waals surface area contributed by atoms with E-state index >= 15 is 0 Å². The van der Waals surface area contributed by atoms with Gasteiger partial charge in [0.2, 0.25) is 5.82 Å². The van der Waals surface area contributed by atoms with Gasteiger partial charge in [0.05, 0.1) is 6.04 Å². The first-order chi connectivity index (χ1) is 12.6. The normalized spacial score (nSPS) is 11.7. The number of nitrogens with one attached hydrogen (secondary N) is 2. The van der Waals surface area contributed by atoms with Crippen LogP contribution >= 0.6 is 0 Å². The van der Waals surface area contributed by atoms with Crippen LogP contribution in [0.2, 0.25) is 0 Å². The lowest BCUT2D eigenvalue weighted by molar-refractivity contribution is -0.389. The lowest BCUT2D eigenvalue weighted by atomic mass is 10.2. The molecule has 0 saturated heterocycles. The second kappa shape index (κ2) is 8.15. The van der Waals surface area contributed by atoms with E-state index in [0.717, 1.165) is 11.4 Å². The van der Waals surface area contributed by atoms with Crippen molar-refractivity contribution in [1.29, 1.82) is 0 Å². The Hall–Kier alpha value is -3.35. The van der Waals surface area contributed by atoms with Crippen LogP contribution in [-0.2, 0) is 6.54 Å². The lowest BCUT2D eigenvalue weighted by Crippen LogP contribution is -2.33. The van der Waals surface area contributed by atoms with Crippen molar-refractivity contribution in [1.82, 2.24) is 9.55 Å². The van der Waals surface area contributed by atoms with Crippen LogP contribution in [0.25, 0.3) is 0 Å². The average molecular weight is 351 g/mol. The zero-order valence-electron chi connectivity index (χ0n) is 14.5. The van der Waals surface area contributed by atoms with Gasteiger partial charge < -0.3 is 25.3 Å². The highest BCUT2D eigenvalue weighted by Crippen LogP contribution is 2.14. The summed E-state index contributed by atoms with van der Waals surface area (Å²) in [6, 6.07) is 19.9. The van der Waals surface area contributed by atoms with Crippen LogP contribution in [0.4, 0.5) is 17.2 Å². The summed E-state index contributed by atoms with van der Waals surface area (Å²) in [6.45, 7) is 2.99. The van der Waals surface area contributed by atoms with E-state index in [1.165, 1.54) is 6.20 Å². The molecule has 0 aliphatic heterocycles. The van der Waals surface area contributed by atoms with E-state index in [1.807, 2.05) is 65.2 Å². The standard InChI is InChI=1S/C19H21N5O2/c1-15-21-19(24(25)26)14-23(15)13-18(22-17-10-6-3-7-11-17)12-20-16-8-4-2-5-9-16/h2-11,14,18,20,22H,12-13H2,1H3. The smallest absolute Gasteiger partial charge is 0.381 e. The highest BCUT2D eigenvalue weighted by Gasteiger charge is 2.18. The Balaban J connectivity index is 1.74. The largest absolute Gasteiger partial charge is 0.383 e. The first-order valence-corrected chi connectivity index (χ1v) is 8.40. The summed E-state index contributed by atoms with van der Waals surface area (Å²) < 4.78 is 1.81. The lowest BCUT2D eigenvalue weighted by Gasteiger charge is -2.21. The summed E-state index contributed by atoms with van der Waals surface area (Å²) in [7, 11) is 0. The van der Waals surface area contributed by atoms with Crippen LogP contribution < -0.4 is 10.6 Å². The maximum atomic E-state index is 11.0.